The molecule has 3 aliphatic carbocycles. The Morgan fingerprint density at radius 3 is 2.44 bits per heavy atom. The summed E-state index contributed by atoms with van der Waals surface area (Å²) in [5.41, 5.74) is -0.486. The SMILES string of the molecule is O=C(CC1C[C@@H]2CC[C@H]1C2)N[C@H]1CC[C@@H](n2c(=O)c3cc(F)cnc3n(C3CCSCC3)c2=O)CC1. The second-order valence-electron chi connectivity index (χ2n) is 11.4. The molecule has 6 rings (SSSR count). The van der Waals surface area contributed by atoms with Gasteiger partial charge in [0.25, 0.3) is 5.56 Å². The van der Waals surface area contributed by atoms with Gasteiger partial charge in [0, 0.05) is 24.5 Å². The monoisotopic (exact) mass is 514 g/mol. The molecule has 2 bridgehead atoms. The number of amides is 1. The van der Waals surface area contributed by atoms with E-state index in [-0.39, 0.29) is 35.1 Å². The lowest BCUT2D eigenvalue weighted by Crippen LogP contribution is -2.46. The summed E-state index contributed by atoms with van der Waals surface area (Å²) in [6.45, 7) is 0. The molecule has 3 heterocycles. The molecular weight excluding hydrogens is 479 g/mol. The summed E-state index contributed by atoms with van der Waals surface area (Å²) in [5, 5.41) is 3.41. The summed E-state index contributed by atoms with van der Waals surface area (Å²) in [6.07, 6.45) is 11.3. The average Bonchev–Trinajstić information content (AvgIpc) is 3.50. The van der Waals surface area contributed by atoms with Crippen LogP contribution in [0, 0.1) is 23.6 Å². The summed E-state index contributed by atoms with van der Waals surface area (Å²) < 4.78 is 17.1. The fourth-order valence-corrected chi connectivity index (χ4v) is 8.51. The number of hydrogen-bond acceptors (Lipinski definition) is 5. The average molecular weight is 515 g/mol. The molecule has 0 aromatic carbocycles. The van der Waals surface area contributed by atoms with Gasteiger partial charge in [-0.25, -0.2) is 14.2 Å². The zero-order chi connectivity index (χ0) is 24.8. The summed E-state index contributed by atoms with van der Waals surface area (Å²) in [4.78, 5) is 44.1. The zero-order valence-electron chi connectivity index (χ0n) is 20.7. The molecule has 1 aliphatic heterocycles. The van der Waals surface area contributed by atoms with Crippen LogP contribution < -0.4 is 16.6 Å². The number of aromatic nitrogens is 3. The van der Waals surface area contributed by atoms with Gasteiger partial charge < -0.3 is 5.32 Å². The third-order valence-electron chi connectivity index (χ3n) is 9.24. The van der Waals surface area contributed by atoms with Gasteiger partial charge in [0.1, 0.15) is 11.5 Å². The van der Waals surface area contributed by atoms with Gasteiger partial charge in [-0.2, -0.15) is 11.8 Å². The normalized spacial score (nSPS) is 30.6. The fourth-order valence-electron chi connectivity index (χ4n) is 7.43. The van der Waals surface area contributed by atoms with Crippen molar-refractivity contribution in [2.45, 2.75) is 88.8 Å². The zero-order valence-corrected chi connectivity index (χ0v) is 21.5. The number of carbonyl (C=O) groups excluding carboxylic acids is 1. The number of carbonyl (C=O) groups is 1. The Labute approximate surface area is 214 Å². The first-order valence-corrected chi connectivity index (χ1v) is 14.8. The molecule has 4 aliphatic rings. The van der Waals surface area contributed by atoms with Crippen molar-refractivity contribution in [1.82, 2.24) is 19.4 Å². The minimum atomic E-state index is -0.572. The highest BCUT2D eigenvalue weighted by Gasteiger charge is 2.40. The summed E-state index contributed by atoms with van der Waals surface area (Å²) in [6, 6.07) is 1.02. The van der Waals surface area contributed by atoms with Crippen LogP contribution in [0.25, 0.3) is 11.0 Å². The van der Waals surface area contributed by atoms with Crippen molar-refractivity contribution in [3.63, 3.8) is 0 Å². The van der Waals surface area contributed by atoms with E-state index < -0.39 is 11.4 Å². The van der Waals surface area contributed by atoms with Crippen LogP contribution in [0.5, 0.6) is 0 Å². The van der Waals surface area contributed by atoms with E-state index in [2.05, 4.69) is 10.3 Å². The maximum atomic E-state index is 14.1. The van der Waals surface area contributed by atoms with Crippen LogP contribution in [0.2, 0.25) is 0 Å². The highest BCUT2D eigenvalue weighted by Crippen LogP contribution is 2.49. The molecule has 3 atom stereocenters. The van der Waals surface area contributed by atoms with E-state index in [0.717, 1.165) is 55.2 Å². The van der Waals surface area contributed by atoms with E-state index in [1.54, 1.807) is 4.57 Å². The molecule has 36 heavy (non-hydrogen) atoms. The maximum Gasteiger partial charge on any atom is 0.333 e. The lowest BCUT2D eigenvalue weighted by Gasteiger charge is -2.32. The van der Waals surface area contributed by atoms with Gasteiger partial charge in [-0.15, -0.1) is 0 Å². The fraction of sp³-hybridized carbons (Fsp3) is 0.704. The molecule has 1 saturated heterocycles. The van der Waals surface area contributed by atoms with E-state index in [4.69, 9.17) is 0 Å². The second-order valence-corrected chi connectivity index (χ2v) is 12.6. The van der Waals surface area contributed by atoms with Gasteiger partial charge in [-0.1, -0.05) is 6.42 Å². The third-order valence-corrected chi connectivity index (χ3v) is 10.3. The number of nitrogens with zero attached hydrogens (tertiary/aromatic N) is 3. The van der Waals surface area contributed by atoms with Gasteiger partial charge in [0.2, 0.25) is 5.91 Å². The molecule has 7 nitrogen and oxygen atoms in total. The van der Waals surface area contributed by atoms with Crippen LogP contribution in [0.4, 0.5) is 4.39 Å². The van der Waals surface area contributed by atoms with Crippen molar-refractivity contribution >= 4 is 28.7 Å². The van der Waals surface area contributed by atoms with Crippen LogP contribution in [-0.4, -0.2) is 37.6 Å². The Hall–Kier alpha value is -2.16. The van der Waals surface area contributed by atoms with Crippen LogP contribution in [0.1, 0.15) is 82.7 Å². The quantitative estimate of drug-likeness (QED) is 0.647. The first-order valence-electron chi connectivity index (χ1n) is 13.7. The van der Waals surface area contributed by atoms with Crippen LogP contribution in [-0.2, 0) is 4.79 Å². The predicted molar refractivity (Wildman–Crippen MR) is 139 cm³/mol. The second kappa shape index (κ2) is 9.95. The Morgan fingerprint density at radius 2 is 1.75 bits per heavy atom. The summed E-state index contributed by atoms with van der Waals surface area (Å²) >= 11 is 1.86. The topological polar surface area (TPSA) is 86.0 Å². The van der Waals surface area contributed by atoms with Crippen LogP contribution in [0.15, 0.2) is 21.9 Å². The third kappa shape index (κ3) is 4.52. The number of thioether (sulfide) groups is 1. The Kier molecular flexibility index (Phi) is 6.69. The van der Waals surface area contributed by atoms with E-state index in [1.165, 1.54) is 36.3 Å². The van der Waals surface area contributed by atoms with E-state index in [9.17, 15) is 18.8 Å². The lowest BCUT2D eigenvalue weighted by molar-refractivity contribution is -0.123. The molecule has 0 spiro atoms. The number of halogens is 1. The first-order chi connectivity index (χ1) is 17.5. The number of hydrogen-bond donors (Lipinski definition) is 1. The molecule has 194 valence electrons. The van der Waals surface area contributed by atoms with Crippen molar-refractivity contribution < 1.29 is 9.18 Å². The van der Waals surface area contributed by atoms with E-state index >= 15 is 0 Å². The van der Waals surface area contributed by atoms with E-state index in [1.807, 2.05) is 11.8 Å². The summed E-state index contributed by atoms with van der Waals surface area (Å²) in [5.74, 6) is 3.60. The Balaban J connectivity index is 1.19. The molecular formula is C27H35FN4O3S. The highest BCUT2D eigenvalue weighted by atomic mass is 32.2. The molecule has 4 fully saturated rings. The van der Waals surface area contributed by atoms with Crippen molar-refractivity contribution in [3.8, 4) is 0 Å². The standard InChI is InChI=1S/C27H35FN4O3S/c28-19-14-23-25(29-15-19)31(22-7-9-36-10-8-22)27(35)32(26(23)34)21-5-3-20(4-6-21)30-24(33)13-18-12-16-1-2-17(18)11-16/h14-18,20-22H,1-13H2,(H,30,33)/t16-,17+,18?,20-,21+/m1/s1. The smallest absolute Gasteiger partial charge is 0.333 e. The predicted octanol–water partition coefficient (Wildman–Crippen LogP) is 4.19. The van der Waals surface area contributed by atoms with Crippen molar-refractivity contribution in [1.29, 1.82) is 0 Å². The number of pyridine rings is 1. The Bertz CT molecular complexity index is 1260. The highest BCUT2D eigenvalue weighted by molar-refractivity contribution is 7.99. The van der Waals surface area contributed by atoms with Crippen LogP contribution >= 0.6 is 11.8 Å². The maximum absolute atomic E-state index is 14.1. The molecule has 1 N–H and O–H groups in total. The molecule has 2 aromatic rings. The molecule has 1 amide bonds. The van der Waals surface area contributed by atoms with Crippen molar-refractivity contribution in [2.24, 2.45) is 17.8 Å². The number of fused-ring (bicyclic) bond motifs is 3. The summed E-state index contributed by atoms with van der Waals surface area (Å²) in [7, 11) is 0. The van der Waals surface area contributed by atoms with Gasteiger partial charge in [0.05, 0.1) is 11.6 Å². The van der Waals surface area contributed by atoms with Gasteiger partial charge in [-0.05, 0) is 93.1 Å². The molecule has 9 heteroatoms. The lowest BCUT2D eigenvalue weighted by atomic mass is 9.86. The van der Waals surface area contributed by atoms with Crippen molar-refractivity contribution in [3.05, 3.63) is 38.9 Å². The van der Waals surface area contributed by atoms with Crippen molar-refractivity contribution in [2.75, 3.05) is 11.5 Å². The largest absolute Gasteiger partial charge is 0.353 e. The molecule has 3 saturated carbocycles. The van der Waals surface area contributed by atoms with Gasteiger partial charge in [-0.3, -0.25) is 18.7 Å². The van der Waals surface area contributed by atoms with Gasteiger partial charge >= 0.3 is 5.69 Å². The number of nitrogens with one attached hydrogen (secondary N) is 1. The minimum Gasteiger partial charge on any atom is -0.353 e. The van der Waals surface area contributed by atoms with Gasteiger partial charge in [0.15, 0.2) is 0 Å². The Morgan fingerprint density at radius 1 is 1.00 bits per heavy atom. The molecule has 2 aromatic heterocycles. The first kappa shape index (κ1) is 24.2. The minimum absolute atomic E-state index is 0.0347. The molecule has 0 radical (unpaired) electrons. The number of rotatable bonds is 5. The van der Waals surface area contributed by atoms with E-state index in [0.29, 0.717) is 30.8 Å². The van der Waals surface area contributed by atoms with Crippen LogP contribution in [0.3, 0.4) is 0 Å². The molecule has 1 unspecified atom stereocenters.